The zero-order valence-electron chi connectivity index (χ0n) is 9.53. The van der Waals surface area contributed by atoms with Gasteiger partial charge in [0.05, 0.1) is 23.0 Å². The highest BCUT2D eigenvalue weighted by Gasteiger charge is 2.16. The lowest BCUT2D eigenvalue weighted by Gasteiger charge is -2.15. The fraction of sp³-hybridized carbons (Fsp3) is 0.364. The minimum Gasteiger partial charge on any atom is -0.312 e. The van der Waals surface area contributed by atoms with Gasteiger partial charge in [-0.2, -0.15) is 5.10 Å². The summed E-state index contributed by atoms with van der Waals surface area (Å²) in [5, 5.41) is 7.25. The molecular formula is C11H13N5O. The van der Waals surface area contributed by atoms with Crippen LogP contribution in [-0.4, -0.2) is 26.3 Å². The number of nitrogens with zero attached hydrogens (tertiary/aromatic N) is 3. The molecule has 2 aromatic heterocycles. The molecule has 0 unspecified atom stereocenters. The Balaban J connectivity index is 2.13. The van der Waals surface area contributed by atoms with Crippen molar-refractivity contribution in [1.29, 1.82) is 0 Å². The molecular weight excluding hydrogens is 218 g/mol. The number of rotatable bonds is 1. The zero-order valence-corrected chi connectivity index (χ0v) is 9.53. The van der Waals surface area contributed by atoms with E-state index in [1.54, 1.807) is 10.9 Å². The summed E-state index contributed by atoms with van der Waals surface area (Å²) in [7, 11) is 1.84. The lowest BCUT2D eigenvalue weighted by molar-refractivity contribution is 0.621. The van der Waals surface area contributed by atoms with E-state index in [0.29, 0.717) is 12.4 Å². The van der Waals surface area contributed by atoms with Crippen molar-refractivity contribution in [2.75, 3.05) is 6.54 Å². The highest BCUT2D eigenvalue weighted by Crippen LogP contribution is 2.14. The summed E-state index contributed by atoms with van der Waals surface area (Å²) in [6, 6.07) is 0. The minimum atomic E-state index is -0.0546. The van der Waals surface area contributed by atoms with Crippen LogP contribution < -0.4 is 10.9 Å². The van der Waals surface area contributed by atoms with Gasteiger partial charge in [0.2, 0.25) is 0 Å². The number of H-pyrrole nitrogens is 1. The summed E-state index contributed by atoms with van der Waals surface area (Å²) >= 11 is 0. The van der Waals surface area contributed by atoms with E-state index in [1.807, 2.05) is 13.2 Å². The van der Waals surface area contributed by atoms with E-state index in [-0.39, 0.29) is 5.56 Å². The molecule has 0 spiro atoms. The van der Waals surface area contributed by atoms with Gasteiger partial charge in [-0.25, -0.2) is 4.98 Å². The molecule has 17 heavy (non-hydrogen) atoms. The second-order valence-corrected chi connectivity index (χ2v) is 4.17. The first-order valence-corrected chi connectivity index (χ1v) is 5.56. The largest absolute Gasteiger partial charge is 0.312 e. The number of aryl methyl sites for hydroxylation is 1. The third-order valence-corrected chi connectivity index (χ3v) is 2.92. The molecule has 1 aliphatic rings. The standard InChI is InChI=1S/C11H13N5O/c1-16-6-7(4-13-16)10-14-9-2-3-12-5-8(9)11(17)15-10/h4,6,12H,2-3,5H2,1H3,(H,14,15,17). The molecule has 2 aromatic rings. The van der Waals surface area contributed by atoms with E-state index in [9.17, 15) is 4.79 Å². The molecule has 0 fully saturated rings. The maximum absolute atomic E-state index is 11.9. The van der Waals surface area contributed by atoms with E-state index in [1.165, 1.54) is 0 Å². The van der Waals surface area contributed by atoms with Crippen molar-refractivity contribution in [2.24, 2.45) is 7.05 Å². The maximum atomic E-state index is 11.9. The molecule has 3 rings (SSSR count). The Kier molecular flexibility index (Phi) is 2.29. The van der Waals surface area contributed by atoms with Gasteiger partial charge in [-0.1, -0.05) is 0 Å². The third-order valence-electron chi connectivity index (χ3n) is 2.92. The average Bonchev–Trinajstić information content (AvgIpc) is 2.76. The van der Waals surface area contributed by atoms with Gasteiger partial charge in [0.1, 0.15) is 5.82 Å². The van der Waals surface area contributed by atoms with Gasteiger partial charge in [0.15, 0.2) is 0 Å². The van der Waals surface area contributed by atoms with E-state index in [2.05, 4.69) is 20.4 Å². The van der Waals surface area contributed by atoms with Crippen LogP contribution in [0.1, 0.15) is 11.3 Å². The summed E-state index contributed by atoms with van der Waals surface area (Å²) in [5.74, 6) is 0.601. The average molecular weight is 231 g/mol. The van der Waals surface area contributed by atoms with Crippen molar-refractivity contribution in [2.45, 2.75) is 13.0 Å². The SMILES string of the molecule is Cn1cc(-c2nc3c(c(=O)[nH]2)CNCC3)cn1. The first kappa shape index (κ1) is 10.2. The predicted molar refractivity (Wildman–Crippen MR) is 62.5 cm³/mol. The number of aromatic amines is 1. The molecule has 0 amide bonds. The number of fused-ring (bicyclic) bond motifs is 1. The van der Waals surface area contributed by atoms with Crippen LogP contribution in [0.4, 0.5) is 0 Å². The van der Waals surface area contributed by atoms with Crippen molar-refractivity contribution in [3.8, 4) is 11.4 Å². The molecule has 6 heteroatoms. The molecule has 0 aromatic carbocycles. The fourth-order valence-corrected chi connectivity index (χ4v) is 2.03. The second kappa shape index (κ2) is 3.81. The molecule has 6 nitrogen and oxygen atoms in total. The molecule has 0 bridgehead atoms. The Bertz CT molecular complexity index is 613. The van der Waals surface area contributed by atoms with E-state index >= 15 is 0 Å². The van der Waals surface area contributed by atoms with Gasteiger partial charge in [-0.15, -0.1) is 0 Å². The molecule has 0 saturated carbocycles. The smallest absolute Gasteiger partial charge is 0.255 e. The number of aromatic nitrogens is 4. The Hall–Kier alpha value is -1.95. The van der Waals surface area contributed by atoms with Crippen LogP contribution in [0.3, 0.4) is 0 Å². The van der Waals surface area contributed by atoms with Crippen molar-refractivity contribution in [1.82, 2.24) is 25.1 Å². The monoisotopic (exact) mass is 231 g/mol. The van der Waals surface area contributed by atoms with Gasteiger partial charge >= 0.3 is 0 Å². The number of hydrogen-bond acceptors (Lipinski definition) is 4. The van der Waals surface area contributed by atoms with Gasteiger partial charge in [-0.3, -0.25) is 9.48 Å². The number of nitrogens with one attached hydrogen (secondary N) is 2. The summed E-state index contributed by atoms with van der Waals surface area (Å²) in [4.78, 5) is 19.2. The quantitative estimate of drug-likeness (QED) is 0.713. The molecule has 0 atom stereocenters. The fourth-order valence-electron chi connectivity index (χ4n) is 2.03. The van der Waals surface area contributed by atoms with Crippen LogP contribution in [0.15, 0.2) is 17.2 Å². The van der Waals surface area contributed by atoms with E-state index in [4.69, 9.17) is 0 Å². The van der Waals surface area contributed by atoms with E-state index in [0.717, 1.165) is 29.8 Å². The summed E-state index contributed by atoms with van der Waals surface area (Å²) in [5.41, 5.74) is 2.43. The normalized spacial score (nSPS) is 14.6. The number of hydrogen-bond donors (Lipinski definition) is 2. The Morgan fingerprint density at radius 1 is 1.47 bits per heavy atom. The van der Waals surface area contributed by atoms with Crippen molar-refractivity contribution in [3.05, 3.63) is 34.0 Å². The second-order valence-electron chi connectivity index (χ2n) is 4.17. The highest BCUT2D eigenvalue weighted by molar-refractivity contribution is 5.52. The van der Waals surface area contributed by atoms with Crippen LogP contribution in [0, 0.1) is 0 Å². The molecule has 1 aliphatic heterocycles. The Morgan fingerprint density at radius 2 is 2.35 bits per heavy atom. The molecule has 2 N–H and O–H groups in total. The van der Waals surface area contributed by atoms with Gasteiger partial charge < -0.3 is 10.3 Å². The van der Waals surface area contributed by atoms with Gasteiger partial charge in [0.25, 0.3) is 5.56 Å². The van der Waals surface area contributed by atoms with Crippen molar-refractivity contribution >= 4 is 0 Å². The Labute approximate surface area is 97.7 Å². The molecule has 0 aliphatic carbocycles. The Morgan fingerprint density at radius 3 is 3.12 bits per heavy atom. The first-order chi connectivity index (χ1) is 8.24. The van der Waals surface area contributed by atoms with Crippen molar-refractivity contribution in [3.63, 3.8) is 0 Å². The van der Waals surface area contributed by atoms with Crippen LogP contribution >= 0.6 is 0 Å². The molecule has 3 heterocycles. The van der Waals surface area contributed by atoms with E-state index < -0.39 is 0 Å². The van der Waals surface area contributed by atoms with Gasteiger partial charge in [0, 0.05) is 32.8 Å². The topological polar surface area (TPSA) is 75.6 Å². The molecule has 88 valence electrons. The van der Waals surface area contributed by atoms with Crippen LogP contribution in [0.25, 0.3) is 11.4 Å². The van der Waals surface area contributed by atoms with Crippen molar-refractivity contribution < 1.29 is 0 Å². The highest BCUT2D eigenvalue weighted by atomic mass is 16.1. The zero-order chi connectivity index (χ0) is 11.8. The minimum absolute atomic E-state index is 0.0546. The summed E-state index contributed by atoms with van der Waals surface area (Å²) in [6.07, 6.45) is 4.34. The van der Waals surface area contributed by atoms with Crippen LogP contribution in [0.5, 0.6) is 0 Å². The maximum Gasteiger partial charge on any atom is 0.255 e. The molecule has 0 radical (unpaired) electrons. The summed E-state index contributed by atoms with van der Waals surface area (Å²) < 4.78 is 1.69. The first-order valence-electron chi connectivity index (χ1n) is 5.56. The molecule has 0 saturated heterocycles. The summed E-state index contributed by atoms with van der Waals surface area (Å²) in [6.45, 7) is 1.47. The lowest BCUT2D eigenvalue weighted by Crippen LogP contribution is -2.31. The predicted octanol–water partition coefficient (Wildman–Crippen LogP) is -0.184. The van der Waals surface area contributed by atoms with Gasteiger partial charge in [-0.05, 0) is 0 Å². The van der Waals surface area contributed by atoms with Crippen LogP contribution in [-0.2, 0) is 20.0 Å². The van der Waals surface area contributed by atoms with Crippen LogP contribution in [0.2, 0.25) is 0 Å². The lowest BCUT2D eigenvalue weighted by atomic mass is 10.1. The third kappa shape index (κ3) is 1.76.